The Hall–Kier alpha value is -2.12. The van der Waals surface area contributed by atoms with Gasteiger partial charge < -0.3 is 15.4 Å². The Morgan fingerprint density at radius 2 is 2.12 bits per heavy atom. The number of aryl methyl sites for hydroxylation is 1. The van der Waals surface area contributed by atoms with Gasteiger partial charge in [0.25, 0.3) is 5.91 Å². The minimum Gasteiger partial charge on any atom is -0.491 e. The maximum Gasteiger partial charge on any atom is 0.273 e. The molecule has 0 saturated carbocycles. The zero-order valence-corrected chi connectivity index (χ0v) is 16.0. The molecular weight excluding hydrogens is 354 g/mol. The third-order valence-electron chi connectivity index (χ3n) is 4.39. The second kappa shape index (κ2) is 9.54. The van der Waals surface area contributed by atoms with Crippen LogP contribution in [0, 0.1) is 6.92 Å². The first kappa shape index (κ1) is 20.2. The number of nitrogens with one attached hydrogen (secondary N) is 2. The van der Waals surface area contributed by atoms with Crippen LogP contribution in [0.3, 0.4) is 0 Å². The van der Waals surface area contributed by atoms with E-state index in [2.05, 4.69) is 20.9 Å². The van der Waals surface area contributed by atoms with Gasteiger partial charge in [-0.3, -0.25) is 4.79 Å². The SMILES string of the molecule is Cc1ccccc1OCC(C)NC(=O)c1cn(C2CCNCC2)nn1.Cl. The highest BCUT2D eigenvalue weighted by Gasteiger charge is 2.19. The largest absolute Gasteiger partial charge is 0.491 e. The highest BCUT2D eigenvalue weighted by molar-refractivity contribution is 5.92. The van der Waals surface area contributed by atoms with Crippen LogP contribution < -0.4 is 15.4 Å². The van der Waals surface area contributed by atoms with Crippen LogP contribution in [0.5, 0.6) is 5.75 Å². The Balaban J connectivity index is 0.00000243. The third kappa shape index (κ3) is 5.19. The van der Waals surface area contributed by atoms with E-state index in [-0.39, 0.29) is 24.4 Å². The van der Waals surface area contributed by atoms with E-state index in [1.807, 2.05) is 42.8 Å². The summed E-state index contributed by atoms with van der Waals surface area (Å²) in [6.45, 7) is 6.25. The molecule has 142 valence electrons. The summed E-state index contributed by atoms with van der Waals surface area (Å²) in [5.41, 5.74) is 1.42. The van der Waals surface area contributed by atoms with Crippen LogP contribution in [-0.2, 0) is 0 Å². The fourth-order valence-corrected chi connectivity index (χ4v) is 2.90. The Morgan fingerprint density at radius 1 is 1.38 bits per heavy atom. The van der Waals surface area contributed by atoms with Crippen molar-refractivity contribution in [3.05, 3.63) is 41.7 Å². The van der Waals surface area contributed by atoms with Gasteiger partial charge >= 0.3 is 0 Å². The fourth-order valence-electron chi connectivity index (χ4n) is 2.90. The van der Waals surface area contributed by atoms with Gasteiger partial charge in [-0.25, -0.2) is 4.68 Å². The highest BCUT2D eigenvalue weighted by Crippen LogP contribution is 2.17. The molecule has 1 amide bonds. The van der Waals surface area contributed by atoms with Crippen LogP contribution in [0.2, 0.25) is 0 Å². The number of ether oxygens (including phenoxy) is 1. The number of nitrogens with zero attached hydrogens (tertiary/aromatic N) is 3. The number of carbonyl (C=O) groups excluding carboxylic acids is 1. The molecule has 1 aromatic heterocycles. The van der Waals surface area contributed by atoms with Crippen LogP contribution in [0.4, 0.5) is 0 Å². The smallest absolute Gasteiger partial charge is 0.273 e. The van der Waals surface area contributed by atoms with Gasteiger partial charge in [-0.2, -0.15) is 0 Å². The van der Waals surface area contributed by atoms with Gasteiger partial charge in [-0.15, -0.1) is 17.5 Å². The number of halogens is 1. The van der Waals surface area contributed by atoms with Crippen molar-refractivity contribution < 1.29 is 9.53 Å². The Labute approximate surface area is 159 Å². The molecule has 3 rings (SSSR count). The Bertz CT molecular complexity index is 715. The second-order valence-corrected chi connectivity index (χ2v) is 6.52. The number of benzene rings is 1. The van der Waals surface area contributed by atoms with Gasteiger partial charge in [0, 0.05) is 0 Å². The molecule has 1 fully saturated rings. The summed E-state index contributed by atoms with van der Waals surface area (Å²) in [6, 6.07) is 8.02. The number of carbonyl (C=O) groups is 1. The maximum absolute atomic E-state index is 12.3. The highest BCUT2D eigenvalue weighted by atomic mass is 35.5. The molecule has 0 spiro atoms. The van der Waals surface area contributed by atoms with Crippen LogP contribution in [0.25, 0.3) is 0 Å². The van der Waals surface area contributed by atoms with Crippen molar-refractivity contribution in [1.82, 2.24) is 25.6 Å². The van der Waals surface area contributed by atoms with Gasteiger partial charge in [-0.1, -0.05) is 23.4 Å². The maximum atomic E-state index is 12.3. The molecule has 1 aliphatic rings. The zero-order valence-electron chi connectivity index (χ0n) is 15.1. The molecule has 1 saturated heterocycles. The normalized spacial score (nSPS) is 15.8. The van der Waals surface area contributed by atoms with E-state index in [4.69, 9.17) is 4.74 Å². The van der Waals surface area contributed by atoms with E-state index >= 15 is 0 Å². The van der Waals surface area contributed by atoms with E-state index in [0.717, 1.165) is 37.2 Å². The summed E-state index contributed by atoms with van der Waals surface area (Å²) < 4.78 is 7.58. The molecule has 7 nitrogen and oxygen atoms in total. The van der Waals surface area contributed by atoms with Crippen molar-refractivity contribution in [3.63, 3.8) is 0 Å². The van der Waals surface area contributed by atoms with Crippen LogP contribution >= 0.6 is 12.4 Å². The lowest BCUT2D eigenvalue weighted by Gasteiger charge is -2.22. The van der Waals surface area contributed by atoms with Gasteiger partial charge in [0.15, 0.2) is 5.69 Å². The standard InChI is InChI=1S/C18H25N5O2.ClH/c1-13-5-3-4-6-17(13)25-12-14(2)20-18(24)16-11-23(22-21-16)15-7-9-19-10-8-15;/h3-6,11,14-15,19H,7-10,12H2,1-2H3,(H,20,24);1H. The van der Waals surface area contributed by atoms with Crippen molar-refractivity contribution >= 4 is 18.3 Å². The molecule has 1 aliphatic heterocycles. The molecule has 2 N–H and O–H groups in total. The number of aromatic nitrogens is 3. The molecule has 2 aromatic rings. The first-order valence-corrected chi connectivity index (χ1v) is 8.75. The summed E-state index contributed by atoms with van der Waals surface area (Å²) in [5.74, 6) is 0.613. The molecule has 1 unspecified atom stereocenters. The molecule has 1 atom stereocenters. The predicted octanol–water partition coefficient (Wildman–Crippen LogP) is 2.13. The first-order valence-electron chi connectivity index (χ1n) is 8.75. The van der Waals surface area contributed by atoms with Gasteiger partial charge in [0.1, 0.15) is 12.4 Å². The summed E-state index contributed by atoms with van der Waals surface area (Å²) in [6.07, 6.45) is 3.75. The monoisotopic (exact) mass is 379 g/mol. The molecular formula is C18H26ClN5O2. The van der Waals surface area contributed by atoms with Crippen molar-refractivity contribution in [1.29, 1.82) is 0 Å². The topological polar surface area (TPSA) is 81.1 Å². The zero-order chi connectivity index (χ0) is 17.6. The van der Waals surface area contributed by atoms with Gasteiger partial charge in [0.05, 0.1) is 18.3 Å². The summed E-state index contributed by atoms with van der Waals surface area (Å²) in [4.78, 5) is 12.3. The van der Waals surface area contributed by atoms with E-state index in [1.54, 1.807) is 6.20 Å². The molecule has 2 heterocycles. The predicted molar refractivity (Wildman–Crippen MR) is 102 cm³/mol. The number of hydrogen-bond acceptors (Lipinski definition) is 5. The number of rotatable bonds is 6. The van der Waals surface area contributed by atoms with Crippen molar-refractivity contribution in [3.8, 4) is 5.75 Å². The number of para-hydroxylation sites is 1. The Kier molecular flexibility index (Phi) is 7.41. The number of piperidine rings is 1. The average Bonchev–Trinajstić information content (AvgIpc) is 3.12. The lowest BCUT2D eigenvalue weighted by Crippen LogP contribution is -2.37. The number of amides is 1. The van der Waals surface area contributed by atoms with E-state index in [9.17, 15) is 4.79 Å². The fraction of sp³-hybridized carbons (Fsp3) is 0.500. The summed E-state index contributed by atoms with van der Waals surface area (Å²) in [7, 11) is 0. The van der Waals surface area contributed by atoms with Crippen molar-refractivity contribution in [2.45, 2.75) is 38.8 Å². The molecule has 0 radical (unpaired) electrons. The molecule has 26 heavy (non-hydrogen) atoms. The average molecular weight is 380 g/mol. The lowest BCUT2D eigenvalue weighted by molar-refractivity contribution is 0.0921. The van der Waals surface area contributed by atoms with Crippen LogP contribution in [0.1, 0.15) is 41.9 Å². The number of hydrogen-bond donors (Lipinski definition) is 2. The van der Waals surface area contributed by atoms with Crippen molar-refractivity contribution in [2.75, 3.05) is 19.7 Å². The van der Waals surface area contributed by atoms with E-state index in [0.29, 0.717) is 18.3 Å². The minimum absolute atomic E-state index is 0. The molecule has 0 bridgehead atoms. The third-order valence-corrected chi connectivity index (χ3v) is 4.39. The second-order valence-electron chi connectivity index (χ2n) is 6.52. The van der Waals surface area contributed by atoms with E-state index < -0.39 is 0 Å². The summed E-state index contributed by atoms with van der Waals surface area (Å²) in [5, 5.41) is 14.4. The Morgan fingerprint density at radius 3 is 2.85 bits per heavy atom. The molecule has 8 heteroatoms. The quantitative estimate of drug-likeness (QED) is 0.803. The van der Waals surface area contributed by atoms with Gasteiger partial charge in [0.2, 0.25) is 0 Å². The van der Waals surface area contributed by atoms with Crippen LogP contribution in [-0.4, -0.2) is 46.6 Å². The minimum atomic E-state index is -0.221. The summed E-state index contributed by atoms with van der Waals surface area (Å²) >= 11 is 0. The molecule has 1 aromatic carbocycles. The van der Waals surface area contributed by atoms with Crippen LogP contribution in [0.15, 0.2) is 30.5 Å². The molecule has 0 aliphatic carbocycles. The first-order chi connectivity index (χ1) is 12.1. The lowest BCUT2D eigenvalue weighted by atomic mass is 10.1. The van der Waals surface area contributed by atoms with E-state index in [1.165, 1.54) is 0 Å². The van der Waals surface area contributed by atoms with Gasteiger partial charge in [-0.05, 0) is 51.4 Å². The van der Waals surface area contributed by atoms with Crippen molar-refractivity contribution in [2.24, 2.45) is 0 Å².